The van der Waals surface area contributed by atoms with E-state index < -0.39 is 8.32 Å². The molecule has 0 spiro atoms. The lowest BCUT2D eigenvalue weighted by atomic mass is 10.2. The Hall–Kier alpha value is -2.44. The smallest absolute Gasteiger partial charge is 0.280 e. The average molecular weight is 422 g/mol. The summed E-state index contributed by atoms with van der Waals surface area (Å²) in [5.74, 6) is 0.682. The van der Waals surface area contributed by atoms with Crippen molar-refractivity contribution in [3.8, 4) is 0 Å². The Morgan fingerprint density at radius 3 is 2.37 bits per heavy atom. The number of hydrogen-bond donors (Lipinski definition) is 0. The van der Waals surface area contributed by atoms with Crippen LogP contribution in [-0.4, -0.2) is 24.5 Å². The third-order valence-corrected chi connectivity index (χ3v) is 11.0. The van der Waals surface area contributed by atoms with E-state index in [2.05, 4.69) is 51.0 Å². The van der Waals surface area contributed by atoms with Crippen molar-refractivity contribution < 1.29 is 4.43 Å². The van der Waals surface area contributed by atoms with Crippen LogP contribution in [0.15, 0.2) is 59.4 Å². The summed E-state index contributed by atoms with van der Waals surface area (Å²) >= 11 is 0. The fraction of sp³-hybridized carbons (Fsp3) is 0.417. The zero-order valence-electron chi connectivity index (χ0n) is 18.7. The minimum absolute atomic E-state index is 0.0280. The maximum Gasteiger partial charge on any atom is 0.280 e. The summed E-state index contributed by atoms with van der Waals surface area (Å²) in [6.07, 6.45) is -0.278. The van der Waals surface area contributed by atoms with Crippen molar-refractivity contribution in [2.45, 2.75) is 58.0 Å². The number of aromatic nitrogens is 2. The van der Waals surface area contributed by atoms with Crippen LogP contribution in [-0.2, 0) is 4.43 Å². The molecule has 158 valence electrons. The van der Waals surface area contributed by atoms with Crippen molar-refractivity contribution in [2.75, 3.05) is 11.6 Å². The van der Waals surface area contributed by atoms with E-state index in [0.717, 1.165) is 12.1 Å². The van der Waals surface area contributed by atoms with Gasteiger partial charge in [0.1, 0.15) is 6.10 Å². The molecule has 4 rings (SSSR count). The molecule has 5 nitrogen and oxygen atoms in total. The highest BCUT2D eigenvalue weighted by Gasteiger charge is 2.42. The lowest BCUT2D eigenvalue weighted by molar-refractivity contribution is 0.188. The minimum Gasteiger partial charge on any atom is -0.407 e. The van der Waals surface area contributed by atoms with Crippen LogP contribution in [0.1, 0.15) is 51.2 Å². The van der Waals surface area contributed by atoms with Gasteiger partial charge in [-0.1, -0.05) is 63.2 Å². The average Bonchev–Trinajstić information content (AvgIpc) is 3.48. The molecule has 0 amide bonds. The molecule has 0 bridgehead atoms. The summed E-state index contributed by atoms with van der Waals surface area (Å²) in [5, 5.41) is 2.81. The Balaban J connectivity index is 1.79. The molecule has 30 heavy (non-hydrogen) atoms. The van der Waals surface area contributed by atoms with Gasteiger partial charge in [-0.2, -0.15) is 0 Å². The van der Waals surface area contributed by atoms with E-state index in [1.807, 2.05) is 49.4 Å². The Morgan fingerprint density at radius 2 is 1.70 bits per heavy atom. The Kier molecular flexibility index (Phi) is 5.10. The normalized spacial score (nSPS) is 17.9. The van der Waals surface area contributed by atoms with Crippen LogP contribution >= 0.6 is 0 Å². The van der Waals surface area contributed by atoms with Crippen LogP contribution in [0.5, 0.6) is 0 Å². The molecule has 2 heterocycles. The maximum atomic E-state index is 13.5. The molecule has 2 atom stereocenters. The highest BCUT2D eigenvalue weighted by atomic mass is 28.4. The molecule has 0 saturated carbocycles. The second-order valence-electron chi connectivity index (χ2n) is 9.67. The minimum atomic E-state index is -2.03. The van der Waals surface area contributed by atoms with Crippen molar-refractivity contribution in [1.29, 1.82) is 0 Å². The van der Waals surface area contributed by atoms with Gasteiger partial charge < -0.3 is 4.43 Å². The number of fused-ring (bicyclic) bond motifs is 1. The van der Waals surface area contributed by atoms with E-state index in [1.165, 1.54) is 5.56 Å². The first kappa shape index (κ1) is 20.8. The molecule has 1 fully saturated rings. The molecule has 2 aromatic carbocycles. The number of nitrogens with zero attached hydrogens (tertiary/aromatic N) is 3. The molecule has 0 N–H and O–H groups in total. The summed E-state index contributed by atoms with van der Waals surface area (Å²) in [7, 11) is -2.03. The fourth-order valence-corrected chi connectivity index (χ4v) is 4.97. The van der Waals surface area contributed by atoms with Gasteiger partial charge in [-0.05, 0) is 42.8 Å². The topological polar surface area (TPSA) is 47.1 Å². The van der Waals surface area contributed by atoms with Gasteiger partial charge in [-0.15, -0.1) is 0 Å². The second-order valence-corrected chi connectivity index (χ2v) is 14.4. The first-order chi connectivity index (χ1) is 14.1. The van der Waals surface area contributed by atoms with Crippen molar-refractivity contribution in [1.82, 2.24) is 9.66 Å². The highest BCUT2D eigenvalue weighted by molar-refractivity contribution is 6.74. The van der Waals surface area contributed by atoms with Crippen LogP contribution in [0.3, 0.4) is 0 Å². The maximum absolute atomic E-state index is 13.5. The predicted octanol–water partition coefficient (Wildman–Crippen LogP) is 5.17. The molecular formula is C24H31N3O2Si. The molecule has 1 saturated heterocycles. The quantitative estimate of drug-likeness (QED) is 0.421. The van der Waals surface area contributed by atoms with Gasteiger partial charge in [-0.3, -0.25) is 9.80 Å². The number of hydrogen-bond acceptors (Lipinski definition) is 4. The van der Waals surface area contributed by atoms with E-state index in [9.17, 15) is 4.79 Å². The van der Waals surface area contributed by atoms with Crippen molar-refractivity contribution in [3.05, 3.63) is 76.3 Å². The van der Waals surface area contributed by atoms with Crippen LogP contribution in [0.2, 0.25) is 18.1 Å². The van der Waals surface area contributed by atoms with Gasteiger partial charge in [0, 0.05) is 0 Å². The van der Waals surface area contributed by atoms with Gasteiger partial charge in [0.15, 0.2) is 14.1 Å². The zero-order valence-corrected chi connectivity index (χ0v) is 19.7. The van der Waals surface area contributed by atoms with E-state index >= 15 is 0 Å². The summed E-state index contributed by atoms with van der Waals surface area (Å²) in [6, 6.07) is 18.1. The van der Waals surface area contributed by atoms with Gasteiger partial charge in [-0.25, -0.2) is 9.66 Å². The first-order valence-electron chi connectivity index (χ1n) is 10.6. The van der Waals surface area contributed by atoms with E-state index in [1.54, 1.807) is 4.68 Å². The Bertz CT molecular complexity index is 1120. The van der Waals surface area contributed by atoms with Gasteiger partial charge >= 0.3 is 0 Å². The predicted molar refractivity (Wildman–Crippen MR) is 125 cm³/mol. The summed E-state index contributed by atoms with van der Waals surface area (Å²) in [6.45, 7) is 14.0. The van der Waals surface area contributed by atoms with Crippen molar-refractivity contribution in [2.24, 2.45) is 0 Å². The first-order valence-corrected chi connectivity index (χ1v) is 13.5. The van der Waals surface area contributed by atoms with Crippen LogP contribution in [0, 0.1) is 0 Å². The molecule has 1 aromatic heterocycles. The number of benzene rings is 2. The summed E-state index contributed by atoms with van der Waals surface area (Å²) < 4.78 is 8.40. The van der Waals surface area contributed by atoms with Crippen LogP contribution in [0.4, 0.5) is 0 Å². The van der Waals surface area contributed by atoms with E-state index in [4.69, 9.17) is 9.41 Å². The van der Waals surface area contributed by atoms with Crippen molar-refractivity contribution in [3.63, 3.8) is 0 Å². The largest absolute Gasteiger partial charge is 0.407 e. The lowest BCUT2D eigenvalue weighted by Crippen LogP contribution is -2.43. The number of rotatable bonds is 5. The molecule has 0 aliphatic carbocycles. The fourth-order valence-electron chi connectivity index (χ4n) is 3.63. The monoisotopic (exact) mass is 421 g/mol. The molecule has 3 aromatic rings. The third-order valence-electron chi connectivity index (χ3n) is 6.45. The summed E-state index contributed by atoms with van der Waals surface area (Å²) in [5.41, 5.74) is 1.90. The molecule has 6 heteroatoms. The Morgan fingerprint density at radius 1 is 1.07 bits per heavy atom. The Labute approximate surface area is 179 Å². The second kappa shape index (κ2) is 7.36. The number of para-hydroxylation sites is 1. The lowest BCUT2D eigenvalue weighted by Gasteiger charge is -2.38. The van der Waals surface area contributed by atoms with Gasteiger partial charge in [0.2, 0.25) is 0 Å². The van der Waals surface area contributed by atoms with Crippen molar-refractivity contribution >= 4 is 19.2 Å². The van der Waals surface area contributed by atoms with Gasteiger partial charge in [0.25, 0.3) is 5.56 Å². The van der Waals surface area contributed by atoms with E-state index in [0.29, 0.717) is 11.2 Å². The summed E-state index contributed by atoms with van der Waals surface area (Å²) in [4.78, 5) is 18.4. The highest BCUT2D eigenvalue weighted by Crippen LogP contribution is 2.40. The molecule has 1 aliphatic rings. The third kappa shape index (κ3) is 3.70. The molecular weight excluding hydrogens is 390 g/mol. The standard InChI is InChI=1S/C24H31N3O2Si/c1-17(29-30(5,6)24(2,3)4)22-25-20-15-11-10-14-19(20)23(28)27(22)26-16-21(26)18-12-8-7-9-13-18/h7-15,17,21H,16H2,1-6H3/t17-,21-,26?/m0/s1. The molecule has 1 aliphatic heterocycles. The molecule has 0 unspecified atom stereocenters. The zero-order chi connectivity index (χ0) is 21.7. The van der Waals surface area contributed by atoms with Gasteiger partial charge in [0.05, 0.1) is 23.5 Å². The molecule has 0 radical (unpaired) electrons. The van der Waals surface area contributed by atoms with E-state index in [-0.39, 0.29) is 22.7 Å². The SMILES string of the molecule is C[C@H](O[Si](C)(C)C(C)(C)C)c1nc2ccccc2c(=O)n1N1C[C@H]1c1ccccc1. The van der Waals surface area contributed by atoms with Crippen LogP contribution in [0.25, 0.3) is 10.9 Å². The van der Waals surface area contributed by atoms with Crippen LogP contribution < -0.4 is 10.6 Å².